The topological polar surface area (TPSA) is 105 Å². The van der Waals surface area contributed by atoms with Gasteiger partial charge in [-0.2, -0.15) is 0 Å². The molecule has 1 aliphatic rings. The van der Waals surface area contributed by atoms with Crippen molar-refractivity contribution < 1.29 is 22.7 Å². The van der Waals surface area contributed by atoms with Crippen LogP contribution in [0.15, 0.2) is 77.7 Å². The standard InChI is InChI=1S/C26H27N3O5S/c1-34-26(31)27-21-12-9-19(10-13-21)11-16-25(30)29-17-5-6-20-18-22(14-15-24(20)29)28-35(32,33)23-7-3-2-4-8-23/h2-4,7-10,12-15,18,28H,5-6,11,16-17H2,1H3,(H,27,31). The van der Waals surface area contributed by atoms with Crippen LogP contribution in [0.5, 0.6) is 0 Å². The Bertz CT molecular complexity index is 1310. The van der Waals surface area contributed by atoms with Crippen molar-refractivity contribution in [2.24, 2.45) is 0 Å². The third kappa shape index (κ3) is 5.99. The number of carbonyl (C=O) groups is 2. The van der Waals surface area contributed by atoms with Crippen molar-refractivity contribution in [3.05, 3.63) is 83.9 Å². The number of fused-ring (bicyclic) bond motifs is 1. The van der Waals surface area contributed by atoms with Crippen LogP contribution in [0, 0.1) is 0 Å². The van der Waals surface area contributed by atoms with Gasteiger partial charge in [0, 0.05) is 30.0 Å². The quantitative estimate of drug-likeness (QED) is 0.501. The lowest BCUT2D eigenvalue weighted by molar-refractivity contribution is -0.118. The van der Waals surface area contributed by atoms with E-state index in [1.165, 1.54) is 7.11 Å². The van der Waals surface area contributed by atoms with Crippen LogP contribution in [-0.2, 0) is 32.4 Å². The van der Waals surface area contributed by atoms with Crippen molar-refractivity contribution >= 4 is 39.1 Å². The second kappa shape index (κ2) is 10.6. The zero-order chi connectivity index (χ0) is 24.8. The number of sulfonamides is 1. The first-order valence-electron chi connectivity index (χ1n) is 11.3. The molecule has 0 saturated carbocycles. The lowest BCUT2D eigenvalue weighted by Crippen LogP contribution is -2.35. The minimum atomic E-state index is -3.68. The van der Waals surface area contributed by atoms with E-state index in [0.717, 1.165) is 29.7 Å². The Morgan fingerprint density at radius 2 is 1.69 bits per heavy atom. The molecule has 35 heavy (non-hydrogen) atoms. The maximum atomic E-state index is 13.0. The van der Waals surface area contributed by atoms with Crippen molar-refractivity contribution in [2.75, 3.05) is 28.6 Å². The van der Waals surface area contributed by atoms with Crippen LogP contribution in [0.25, 0.3) is 0 Å². The molecule has 0 unspecified atom stereocenters. The monoisotopic (exact) mass is 493 g/mol. The highest BCUT2D eigenvalue weighted by Crippen LogP contribution is 2.31. The summed E-state index contributed by atoms with van der Waals surface area (Å²) < 4.78 is 32.5. The van der Waals surface area contributed by atoms with E-state index in [1.807, 2.05) is 24.3 Å². The second-order valence-electron chi connectivity index (χ2n) is 8.22. The number of amides is 2. The van der Waals surface area contributed by atoms with Crippen LogP contribution < -0.4 is 14.9 Å². The molecule has 0 bridgehead atoms. The molecule has 0 fully saturated rings. The number of nitrogens with zero attached hydrogens (tertiary/aromatic N) is 1. The minimum Gasteiger partial charge on any atom is -0.453 e. The fourth-order valence-electron chi connectivity index (χ4n) is 4.04. The van der Waals surface area contributed by atoms with Gasteiger partial charge in [-0.15, -0.1) is 0 Å². The molecule has 9 heteroatoms. The first-order chi connectivity index (χ1) is 16.9. The third-order valence-corrected chi connectivity index (χ3v) is 7.22. The normalized spacial score (nSPS) is 13.0. The number of hydrogen-bond donors (Lipinski definition) is 2. The molecule has 1 heterocycles. The Balaban J connectivity index is 1.41. The molecule has 1 aliphatic heterocycles. The number of methoxy groups -OCH3 is 1. The van der Waals surface area contributed by atoms with E-state index < -0.39 is 16.1 Å². The summed E-state index contributed by atoms with van der Waals surface area (Å²) in [5.41, 5.74) is 3.84. The number of ether oxygens (including phenoxy) is 1. The molecule has 8 nitrogen and oxygen atoms in total. The van der Waals surface area contributed by atoms with Crippen LogP contribution >= 0.6 is 0 Å². The van der Waals surface area contributed by atoms with Crippen LogP contribution in [0.2, 0.25) is 0 Å². The summed E-state index contributed by atoms with van der Waals surface area (Å²) in [5, 5.41) is 2.60. The number of anilines is 3. The number of benzene rings is 3. The highest BCUT2D eigenvalue weighted by molar-refractivity contribution is 7.92. The van der Waals surface area contributed by atoms with Gasteiger partial charge in [0.2, 0.25) is 5.91 Å². The lowest BCUT2D eigenvalue weighted by atomic mass is 10.00. The Kier molecular flexibility index (Phi) is 7.36. The van der Waals surface area contributed by atoms with Crippen molar-refractivity contribution in [3.63, 3.8) is 0 Å². The summed E-state index contributed by atoms with van der Waals surface area (Å²) >= 11 is 0. The predicted molar refractivity (Wildman–Crippen MR) is 135 cm³/mol. The zero-order valence-corrected chi connectivity index (χ0v) is 20.2. The Hall–Kier alpha value is -3.85. The van der Waals surface area contributed by atoms with E-state index >= 15 is 0 Å². The molecule has 0 radical (unpaired) electrons. The van der Waals surface area contributed by atoms with Crippen LogP contribution in [-0.4, -0.2) is 34.1 Å². The van der Waals surface area contributed by atoms with Crippen molar-refractivity contribution in [1.29, 1.82) is 0 Å². The molecule has 2 N–H and O–H groups in total. The molecule has 4 rings (SSSR count). The minimum absolute atomic E-state index is 0.0142. The summed E-state index contributed by atoms with van der Waals surface area (Å²) in [6.07, 6.45) is 1.95. The van der Waals surface area contributed by atoms with Crippen LogP contribution in [0.4, 0.5) is 21.9 Å². The molecule has 0 aromatic heterocycles. The van der Waals surface area contributed by atoms with Gasteiger partial charge >= 0.3 is 6.09 Å². The van der Waals surface area contributed by atoms with Gasteiger partial charge in [0.25, 0.3) is 10.0 Å². The summed E-state index contributed by atoms with van der Waals surface area (Å²) in [5.74, 6) is 0.0142. The maximum absolute atomic E-state index is 13.0. The van der Waals surface area contributed by atoms with Gasteiger partial charge in [-0.05, 0) is 72.9 Å². The molecular weight excluding hydrogens is 466 g/mol. The Morgan fingerprint density at radius 3 is 2.40 bits per heavy atom. The molecule has 0 aliphatic carbocycles. The van der Waals surface area contributed by atoms with Crippen molar-refractivity contribution in [2.45, 2.75) is 30.6 Å². The molecule has 0 atom stereocenters. The highest BCUT2D eigenvalue weighted by Gasteiger charge is 2.23. The fraction of sp³-hybridized carbons (Fsp3) is 0.231. The number of carbonyl (C=O) groups excluding carboxylic acids is 2. The van der Waals surface area contributed by atoms with Gasteiger partial charge in [-0.1, -0.05) is 30.3 Å². The SMILES string of the molecule is COC(=O)Nc1ccc(CCC(=O)N2CCCc3cc(NS(=O)(=O)c4ccccc4)ccc32)cc1. The van der Waals surface area contributed by atoms with Crippen molar-refractivity contribution in [3.8, 4) is 0 Å². The summed E-state index contributed by atoms with van der Waals surface area (Å²) in [4.78, 5) is 26.3. The summed E-state index contributed by atoms with van der Waals surface area (Å²) in [7, 11) is -2.38. The van der Waals surface area contributed by atoms with Gasteiger partial charge in [0.15, 0.2) is 0 Å². The van der Waals surface area contributed by atoms with Gasteiger partial charge < -0.3 is 9.64 Å². The van der Waals surface area contributed by atoms with E-state index in [4.69, 9.17) is 0 Å². The average Bonchev–Trinajstić information content (AvgIpc) is 2.87. The van der Waals surface area contributed by atoms with Crippen LogP contribution in [0.3, 0.4) is 0 Å². The zero-order valence-electron chi connectivity index (χ0n) is 19.4. The molecule has 0 spiro atoms. The molecular formula is C26H27N3O5S. The first kappa shape index (κ1) is 24.3. The first-order valence-corrected chi connectivity index (χ1v) is 12.8. The van der Waals surface area contributed by atoms with E-state index in [0.29, 0.717) is 30.8 Å². The third-order valence-electron chi connectivity index (χ3n) is 5.82. The molecule has 2 amide bonds. The van der Waals surface area contributed by atoms with Crippen molar-refractivity contribution in [1.82, 2.24) is 0 Å². The molecule has 3 aromatic rings. The van der Waals surface area contributed by atoms with E-state index in [2.05, 4.69) is 14.8 Å². The Morgan fingerprint density at radius 1 is 0.971 bits per heavy atom. The second-order valence-corrected chi connectivity index (χ2v) is 9.91. The summed E-state index contributed by atoms with van der Waals surface area (Å²) in [6, 6.07) is 20.8. The van der Waals surface area contributed by atoms with Gasteiger partial charge in [-0.3, -0.25) is 14.8 Å². The predicted octanol–water partition coefficient (Wildman–Crippen LogP) is 4.58. The van der Waals surface area contributed by atoms with E-state index in [-0.39, 0.29) is 10.8 Å². The van der Waals surface area contributed by atoms with Gasteiger partial charge in [0.1, 0.15) is 0 Å². The van der Waals surface area contributed by atoms with E-state index in [1.54, 1.807) is 53.4 Å². The average molecular weight is 494 g/mol. The van der Waals surface area contributed by atoms with Crippen LogP contribution in [0.1, 0.15) is 24.0 Å². The number of rotatable bonds is 7. The maximum Gasteiger partial charge on any atom is 0.411 e. The largest absolute Gasteiger partial charge is 0.453 e. The molecule has 0 saturated heterocycles. The van der Waals surface area contributed by atoms with Gasteiger partial charge in [-0.25, -0.2) is 13.2 Å². The summed E-state index contributed by atoms with van der Waals surface area (Å²) in [6.45, 7) is 0.628. The molecule has 3 aromatic carbocycles. The number of nitrogens with one attached hydrogen (secondary N) is 2. The smallest absolute Gasteiger partial charge is 0.411 e. The molecule has 182 valence electrons. The highest BCUT2D eigenvalue weighted by atomic mass is 32.2. The lowest BCUT2D eigenvalue weighted by Gasteiger charge is -2.30. The van der Waals surface area contributed by atoms with Gasteiger partial charge in [0.05, 0.1) is 12.0 Å². The Labute approximate surface area is 205 Å². The number of hydrogen-bond acceptors (Lipinski definition) is 5. The fourth-order valence-corrected chi connectivity index (χ4v) is 5.11. The van der Waals surface area contributed by atoms with E-state index in [9.17, 15) is 18.0 Å². The number of aryl methyl sites for hydroxylation is 2.